The van der Waals surface area contributed by atoms with Gasteiger partial charge in [0, 0.05) is 6.54 Å². The Bertz CT molecular complexity index is 198. The number of nitrogens with zero attached hydrogens (tertiary/aromatic N) is 1. The summed E-state index contributed by atoms with van der Waals surface area (Å²) >= 11 is 0. The minimum Gasteiger partial charge on any atom is -0.333 e. The Balaban J connectivity index is 2.64. The van der Waals surface area contributed by atoms with Gasteiger partial charge in [0.25, 0.3) is 0 Å². The molecule has 0 aromatic heterocycles. The second kappa shape index (κ2) is 4.10. The van der Waals surface area contributed by atoms with E-state index < -0.39 is 0 Å². The van der Waals surface area contributed by atoms with E-state index in [0.29, 0.717) is 0 Å². The van der Waals surface area contributed by atoms with Crippen LogP contribution in [0.2, 0.25) is 0 Å². The molecule has 0 spiro atoms. The summed E-state index contributed by atoms with van der Waals surface area (Å²) in [5.74, 6) is 0.0274. The molecule has 66 valence electrons. The molecule has 1 aliphatic rings. The van der Waals surface area contributed by atoms with Gasteiger partial charge in [-0.25, -0.2) is 0 Å². The molecule has 1 saturated heterocycles. The highest BCUT2D eigenvalue weighted by molar-refractivity contribution is 5.87. The van der Waals surface area contributed by atoms with Crippen LogP contribution in [0.1, 0.15) is 19.3 Å². The molecule has 0 saturated carbocycles. The fourth-order valence-corrected chi connectivity index (χ4v) is 1.59. The zero-order valence-electron chi connectivity index (χ0n) is 7.33. The molecule has 0 radical (unpaired) electrons. The van der Waals surface area contributed by atoms with Crippen molar-refractivity contribution in [2.45, 2.75) is 25.3 Å². The smallest absolute Gasteiger partial charge is 0.246 e. The van der Waals surface area contributed by atoms with E-state index in [-0.39, 0.29) is 11.9 Å². The Kier molecular flexibility index (Phi) is 3.09. The predicted octanol–water partition coefficient (Wildman–Crippen LogP) is 1.74. The van der Waals surface area contributed by atoms with Crippen LogP contribution in [0.4, 0.5) is 0 Å². The molecule has 1 rings (SSSR count). The van der Waals surface area contributed by atoms with Gasteiger partial charge in [0.05, 0.1) is 6.04 Å². The second-order valence-corrected chi connectivity index (χ2v) is 3.03. The number of hydrogen-bond acceptors (Lipinski definition) is 1. The first-order valence-electron chi connectivity index (χ1n) is 4.35. The lowest BCUT2D eigenvalue weighted by molar-refractivity contribution is -0.128. The van der Waals surface area contributed by atoms with E-state index in [2.05, 4.69) is 13.2 Å². The second-order valence-electron chi connectivity index (χ2n) is 3.03. The Morgan fingerprint density at radius 2 is 2.17 bits per heavy atom. The van der Waals surface area contributed by atoms with Gasteiger partial charge in [0.2, 0.25) is 5.91 Å². The largest absolute Gasteiger partial charge is 0.333 e. The average Bonchev–Trinajstić information content (AvgIpc) is 2.16. The highest BCUT2D eigenvalue weighted by Crippen LogP contribution is 2.17. The van der Waals surface area contributed by atoms with Crippen LogP contribution in [0, 0.1) is 0 Å². The summed E-state index contributed by atoms with van der Waals surface area (Å²) < 4.78 is 0. The van der Waals surface area contributed by atoms with Gasteiger partial charge in [-0.15, -0.1) is 6.58 Å². The van der Waals surface area contributed by atoms with Crippen molar-refractivity contribution in [2.75, 3.05) is 6.54 Å². The fraction of sp³-hybridized carbons (Fsp3) is 0.500. The molecule has 0 aliphatic carbocycles. The molecule has 1 amide bonds. The van der Waals surface area contributed by atoms with Gasteiger partial charge in [0.15, 0.2) is 0 Å². The van der Waals surface area contributed by atoms with Gasteiger partial charge in [-0.3, -0.25) is 4.79 Å². The summed E-state index contributed by atoms with van der Waals surface area (Å²) in [7, 11) is 0. The predicted molar refractivity (Wildman–Crippen MR) is 49.7 cm³/mol. The van der Waals surface area contributed by atoms with Crippen LogP contribution < -0.4 is 0 Å². The van der Waals surface area contributed by atoms with E-state index >= 15 is 0 Å². The number of piperidine rings is 1. The van der Waals surface area contributed by atoms with Crippen molar-refractivity contribution in [1.29, 1.82) is 0 Å². The topological polar surface area (TPSA) is 20.3 Å². The standard InChI is InChI=1S/C10H15NO/c1-3-9-7-5-6-8-11(9)10(12)4-2/h3-4,9H,1-2,5-8H2/t9-/m1/s1. The van der Waals surface area contributed by atoms with Crippen molar-refractivity contribution >= 4 is 5.91 Å². The Morgan fingerprint density at radius 3 is 2.75 bits per heavy atom. The van der Waals surface area contributed by atoms with E-state index in [4.69, 9.17) is 0 Å². The molecule has 0 N–H and O–H groups in total. The maximum Gasteiger partial charge on any atom is 0.246 e. The third-order valence-corrected chi connectivity index (χ3v) is 2.28. The molecule has 0 aromatic rings. The van der Waals surface area contributed by atoms with Crippen LogP contribution in [-0.4, -0.2) is 23.4 Å². The number of carbonyl (C=O) groups is 1. The molecule has 2 heteroatoms. The monoisotopic (exact) mass is 165 g/mol. The van der Waals surface area contributed by atoms with Crippen molar-refractivity contribution in [3.63, 3.8) is 0 Å². The van der Waals surface area contributed by atoms with E-state index in [1.165, 1.54) is 12.5 Å². The number of rotatable bonds is 2. The number of hydrogen-bond donors (Lipinski definition) is 0. The summed E-state index contributed by atoms with van der Waals surface area (Å²) in [6.07, 6.45) is 6.56. The minimum absolute atomic E-state index is 0.0274. The molecular weight excluding hydrogens is 150 g/mol. The Morgan fingerprint density at radius 1 is 1.42 bits per heavy atom. The fourth-order valence-electron chi connectivity index (χ4n) is 1.59. The summed E-state index contributed by atoms with van der Waals surface area (Å²) in [6, 6.07) is 0.226. The van der Waals surface area contributed by atoms with Gasteiger partial charge in [-0.05, 0) is 25.3 Å². The van der Waals surface area contributed by atoms with Crippen LogP contribution in [-0.2, 0) is 4.79 Å². The van der Waals surface area contributed by atoms with Crippen molar-refractivity contribution in [1.82, 2.24) is 4.90 Å². The molecule has 1 aliphatic heterocycles. The van der Waals surface area contributed by atoms with Crippen molar-refractivity contribution in [3.8, 4) is 0 Å². The molecular formula is C10H15NO. The Labute approximate surface area is 73.6 Å². The summed E-state index contributed by atoms with van der Waals surface area (Å²) in [6.45, 7) is 8.05. The summed E-state index contributed by atoms with van der Waals surface area (Å²) in [5, 5.41) is 0. The molecule has 0 bridgehead atoms. The quantitative estimate of drug-likeness (QED) is 0.451. The van der Waals surface area contributed by atoms with Gasteiger partial charge >= 0.3 is 0 Å². The van der Waals surface area contributed by atoms with E-state index in [1.54, 1.807) is 0 Å². The van der Waals surface area contributed by atoms with Crippen LogP contribution in [0.5, 0.6) is 0 Å². The molecule has 1 heterocycles. The van der Waals surface area contributed by atoms with E-state index in [1.807, 2.05) is 11.0 Å². The van der Waals surface area contributed by atoms with Crippen LogP contribution in [0.25, 0.3) is 0 Å². The molecule has 2 nitrogen and oxygen atoms in total. The van der Waals surface area contributed by atoms with Crippen LogP contribution in [0.15, 0.2) is 25.3 Å². The SMILES string of the molecule is C=CC(=O)N1CCCC[C@H]1C=C. The average molecular weight is 165 g/mol. The summed E-state index contributed by atoms with van der Waals surface area (Å²) in [4.78, 5) is 13.1. The van der Waals surface area contributed by atoms with Crippen LogP contribution >= 0.6 is 0 Å². The van der Waals surface area contributed by atoms with Crippen LogP contribution in [0.3, 0.4) is 0 Å². The van der Waals surface area contributed by atoms with Gasteiger partial charge in [-0.2, -0.15) is 0 Å². The van der Waals surface area contributed by atoms with Crippen molar-refractivity contribution in [2.24, 2.45) is 0 Å². The number of likely N-dealkylation sites (tertiary alicyclic amines) is 1. The van der Waals surface area contributed by atoms with Gasteiger partial charge in [-0.1, -0.05) is 12.7 Å². The molecule has 1 atom stereocenters. The lowest BCUT2D eigenvalue weighted by Gasteiger charge is -2.32. The lowest BCUT2D eigenvalue weighted by Crippen LogP contribution is -2.41. The molecule has 0 aromatic carbocycles. The highest BCUT2D eigenvalue weighted by atomic mass is 16.2. The summed E-state index contributed by atoms with van der Waals surface area (Å²) in [5.41, 5.74) is 0. The number of amides is 1. The third-order valence-electron chi connectivity index (χ3n) is 2.28. The zero-order chi connectivity index (χ0) is 8.97. The highest BCUT2D eigenvalue weighted by Gasteiger charge is 2.21. The maximum absolute atomic E-state index is 11.3. The zero-order valence-corrected chi connectivity index (χ0v) is 7.33. The Hall–Kier alpha value is -1.05. The number of carbonyl (C=O) groups excluding carboxylic acids is 1. The first kappa shape index (κ1) is 9.04. The maximum atomic E-state index is 11.3. The normalized spacial score (nSPS) is 23.3. The van der Waals surface area contributed by atoms with Crippen molar-refractivity contribution < 1.29 is 4.79 Å². The van der Waals surface area contributed by atoms with E-state index in [9.17, 15) is 4.79 Å². The first-order chi connectivity index (χ1) is 5.79. The van der Waals surface area contributed by atoms with Crippen molar-refractivity contribution in [3.05, 3.63) is 25.3 Å². The van der Waals surface area contributed by atoms with Gasteiger partial charge in [0.1, 0.15) is 0 Å². The molecule has 12 heavy (non-hydrogen) atoms. The molecule has 1 fully saturated rings. The van der Waals surface area contributed by atoms with Gasteiger partial charge < -0.3 is 4.90 Å². The third kappa shape index (κ3) is 1.76. The van der Waals surface area contributed by atoms with E-state index in [0.717, 1.165) is 19.4 Å². The lowest BCUT2D eigenvalue weighted by atomic mass is 10.0. The minimum atomic E-state index is 0.0274. The molecule has 0 unspecified atom stereocenters. The first-order valence-corrected chi connectivity index (χ1v) is 4.35.